The third-order valence-corrected chi connectivity index (χ3v) is 5.90. The molecule has 1 fully saturated rings. The molecule has 0 aliphatic carbocycles. The first kappa shape index (κ1) is 20.3. The van der Waals surface area contributed by atoms with E-state index in [0.29, 0.717) is 42.9 Å². The molecular formula is C18H18ClFN2O5S. The van der Waals surface area contributed by atoms with E-state index in [-0.39, 0.29) is 15.8 Å². The first-order valence-corrected chi connectivity index (χ1v) is 9.84. The quantitative estimate of drug-likeness (QED) is 0.699. The fourth-order valence-electron chi connectivity index (χ4n) is 2.81. The zero-order valence-corrected chi connectivity index (χ0v) is 16.6. The van der Waals surface area contributed by atoms with Crippen LogP contribution in [0.2, 0.25) is 5.02 Å². The normalized spacial score (nSPS) is 14.2. The standard InChI is InChI=1S/C18H18ClFN2O5S/c1-2-26-18(25)22-7-5-21(6-8-22)14(23)10-27-17(24)16-15(19)12-4-3-11(20)9-13(12)28-16/h3-4,9H,2,5-8,10H2,1H3. The van der Waals surface area contributed by atoms with Crippen LogP contribution in [0.3, 0.4) is 0 Å². The van der Waals surface area contributed by atoms with Gasteiger partial charge in [-0.15, -0.1) is 11.3 Å². The first-order valence-electron chi connectivity index (χ1n) is 8.65. The number of rotatable bonds is 4. The number of esters is 1. The number of hydrogen-bond donors (Lipinski definition) is 0. The van der Waals surface area contributed by atoms with Crippen LogP contribution in [0.15, 0.2) is 18.2 Å². The SMILES string of the molecule is CCOC(=O)N1CCN(C(=O)COC(=O)c2sc3cc(F)ccc3c2Cl)CC1. The van der Waals surface area contributed by atoms with Crippen molar-refractivity contribution in [2.45, 2.75) is 6.92 Å². The van der Waals surface area contributed by atoms with Crippen molar-refractivity contribution in [3.05, 3.63) is 33.9 Å². The number of halogens is 2. The Morgan fingerprint density at radius 1 is 1.14 bits per heavy atom. The van der Waals surface area contributed by atoms with Gasteiger partial charge in [0.2, 0.25) is 0 Å². The highest BCUT2D eigenvalue weighted by Crippen LogP contribution is 2.36. The lowest BCUT2D eigenvalue weighted by Gasteiger charge is -2.33. The first-order chi connectivity index (χ1) is 13.4. The van der Waals surface area contributed by atoms with Gasteiger partial charge in [0.25, 0.3) is 5.91 Å². The van der Waals surface area contributed by atoms with Crippen LogP contribution >= 0.6 is 22.9 Å². The second-order valence-electron chi connectivity index (χ2n) is 6.03. The van der Waals surface area contributed by atoms with Gasteiger partial charge in [0.05, 0.1) is 11.6 Å². The Bertz CT molecular complexity index is 911. The summed E-state index contributed by atoms with van der Waals surface area (Å²) in [7, 11) is 0. The Morgan fingerprint density at radius 2 is 1.82 bits per heavy atom. The minimum Gasteiger partial charge on any atom is -0.451 e. The van der Waals surface area contributed by atoms with Gasteiger partial charge >= 0.3 is 12.1 Å². The van der Waals surface area contributed by atoms with Crippen LogP contribution in [0.4, 0.5) is 9.18 Å². The third-order valence-electron chi connectivity index (χ3n) is 4.26. The summed E-state index contributed by atoms with van der Waals surface area (Å²) >= 11 is 7.19. The van der Waals surface area contributed by atoms with Crippen molar-refractivity contribution in [1.29, 1.82) is 0 Å². The molecule has 1 saturated heterocycles. The Balaban J connectivity index is 1.54. The molecular weight excluding hydrogens is 411 g/mol. The number of ether oxygens (including phenoxy) is 2. The van der Waals surface area contributed by atoms with Gasteiger partial charge in [0, 0.05) is 36.3 Å². The number of thiophene rings is 1. The molecule has 0 bridgehead atoms. The predicted octanol–water partition coefficient (Wildman–Crippen LogP) is 3.15. The van der Waals surface area contributed by atoms with Gasteiger partial charge in [0.15, 0.2) is 6.61 Å². The summed E-state index contributed by atoms with van der Waals surface area (Å²) in [5.41, 5.74) is 0. The maximum atomic E-state index is 13.3. The summed E-state index contributed by atoms with van der Waals surface area (Å²) in [6, 6.07) is 4.04. The summed E-state index contributed by atoms with van der Waals surface area (Å²) in [6.45, 7) is 2.96. The van der Waals surface area contributed by atoms with E-state index in [1.165, 1.54) is 28.0 Å². The van der Waals surface area contributed by atoms with E-state index in [0.717, 1.165) is 11.3 Å². The molecule has 0 atom stereocenters. The molecule has 1 aliphatic heterocycles. The third kappa shape index (κ3) is 4.36. The van der Waals surface area contributed by atoms with Crippen molar-refractivity contribution in [3.63, 3.8) is 0 Å². The number of benzene rings is 1. The van der Waals surface area contributed by atoms with Crippen LogP contribution < -0.4 is 0 Å². The zero-order chi connectivity index (χ0) is 20.3. The number of hydrogen-bond acceptors (Lipinski definition) is 6. The van der Waals surface area contributed by atoms with Gasteiger partial charge in [-0.2, -0.15) is 0 Å². The molecule has 3 rings (SSSR count). The molecule has 150 valence electrons. The smallest absolute Gasteiger partial charge is 0.409 e. The van der Waals surface area contributed by atoms with Crippen molar-refractivity contribution in [1.82, 2.24) is 9.80 Å². The lowest BCUT2D eigenvalue weighted by atomic mass is 10.2. The largest absolute Gasteiger partial charge is 0.451 e. The Hall–Kier alpha value is -2.39. The maximum Gasteiger partial charge on any atom is 0.409 e. The minimum atomic E-state index is -0.731. The van der Waals surface area contributed by atoms with Gasteiger partial charge in [-0.25, -0.2) is 14.0 Å². The van der Waals surface area contributed by atoms with Crippen LogP contribution in [0.1, 0.15) is 16.6 Å². The van der Waals surface area contributed by atoms with E-state index >= 15 is 0 Å². The van der Waals surface area contributed by atoms with E-state index in [4.69, 9.17) is 21.1 Å². The summed E-state index contributed by atoms with van der Waals surface area (Å²) in [4.78, 5) is 39.4. The fourth-order valence-corrected chi connectivity index (χ4v) is 4.23. The molecule has 0 radical (unpaired) electrons. The monoisotopic (exact) mass is 428 g/mol. The molecule has 7 nitrogen and oxygen atoms in total. The molecule has 10 heteroatoms. The molecule has 2 aromatic rings. The molecule has 2 amide bonds. The lowest BCUT2D eigenvalue weighted by Crippen LogP contribution is -2.51. The molecule has 0 unspecified atom stereocenters. The van der Waals surface area contributed by atoms with E-state index in [1.54, 1.807) is 6.92 Å². The van der Waals surface area contributed by atoms with E-state index in [9.17, 15) is 18.8 Å². The van der Waals surface area contributed by atoms with Crippen molar-refractivity contribution < 1.29 is 28.2 Å². The molecule has 0 saturated carbocycles. The topological polar surface area (TPSA) is 76.2 Å². The van der Waals surface area contributed by atoms with Gasteiger partial charge in [0.1, 0.15) is 10.7 Å². The summed E-state index contributed by atoms with van der Waals surface area (Å²) < 4.78 is 23.9. The van der Waals surface area contributed by atoms with Crippen molar-refractivity contribution >= 4 is 51.0 Å². The fraction of sp³-hybridized carbons (Fsp3) is 0.389. The Morgan fingerprint density at radius 3 is 2.50 bits per heavy atom. The van der Waals surface area contributed by atoms with E-state index in [2.05, 4.69) is 0 Å². The number of piperazine rings is 1. The number of carbonyl (C=O) groups is 3. The van der Waals surface area contributed by atoms with Gasteiger partial charge in [-0.3, -0.25) is 4.79 Å². The predicted molar refractivity (Wildman–Crippen MR) is 102 cm³/mol. The molecule has 28 heavy (non-hydrogen) atoms. The highest BCUT2D eigenvalue weighted by atomic mass is 35.5. The van der Waals surface area contributed by atoms with Crippen molar-refractivity contribution in [3.8, 4) is 0 Å². The van der Waals surface area contributed by atoms with Crippen LogP contribution in [0, 0.1) is 5.82 Å². The molecule has 1 aromatic heterocycles. The summed E-state index contributed by atoms with van der Waals surface area (Å²) in [6.07, 6.45) is -0.406. The average Bonchev–Trinajstić information content (AvgIpc) is 3.02. The van der Waals surface area contributed by atoms with Crippen LogP contribution in [-0.2, 0) is 14.3 Å². The van der Waals surface area contributed by atoms with Gasteiger partial charge in [-0.1, -0.05) is 11.6 Å². The van der Waals surface area contributed by atoms with Crippen molar-refractivity contribution in [2.24, 2.45) is 0 Å². The van der Waals surface area contributed by atoms with Crippen LogP contribution in [0.25, 0.3) is 10.1 Å². The average molecular weight is 429 g/mol. The molecule has 1 aliphatic rings. The van der Waals surface area contributed by atoms with Crippen molar-refractivity contribution in [2.75, 3.05) is 39.4 Å². The van der Waals surface area contributed by atoms with Crippen LogP contribution in [-0.4, -0.2) is 67.2 Å². The summed E-state index contributed by atoms with van der Waals surface area (Å²) in [5.74, 6) is -1.52. The number of nitrogens with zero attached hydrogens (tertiary/aromatic N) is 2. The Kier molecular flexibility index (Phi) is 6.35. The van der Waals surface area contributed by atoms with Gasteiger partial charge < -0.3 is 19.3 Å². The van der Waals surface area contributed by atoms with E-state index in [1.807, 2.05) is 0 Å². The van der Waals surface area contributed by atoms with Gasteiger partial charge in [-0.05, 0) is 25.1 Å². The zero-order valence-electron chi connectivity index (χ0n) is 15.1. The lowest BCUT2D eigenvalue weighted by molar-refractivity contribution is -0.136. The maximum absolute atomic E-state index is 13.3. The Labute approximate surface area is 169 Å². The number of amides is 2. The van der Waals surface area contributed by atoms with Crippen LogP contribution in [0.5, 0.6) is 0 Å². The summed E-state index contributed by atoms with van der Waals surface area (Å²) in [5, 5.41) is 0.738. The second-order valence-corrected chi connectivity index (χ2v) is 7.46. The molecule has 0 spiro atoms. The highest BCUT2D eigenvalue weighted by molar-refractivity contribution is 7.21. The number of fused-ring (bicyclic) bond motifs is 1. The highest BCUT2D eigenvalue weighted by Gasteiger charge is 2.26. The molecule has 0 N–H and O–H groups in total. The minimum absolute atomic E-state index is 0.127. The number of carbonyl (C=O) groups excluding carboxylic acids is 3. The molecule has 1 aromatic carbocycles. The van der Waals surface area contributed by atoms with E-state index < -0.39 is 24.5 Å². The molecule has 2 heterocycles. The second kappa shape index (κ2) is 8.74.